The van der Waals surface area contributed by atoms with Crippen LogP contribution in [0.3, 0.4) is 0 Å². The van der Waals surface area contributed by atoms with E-state index in [0.29, 0.717) is 0 Å². The van der Waals surface area contributed by atoms with E-state index < -0.39 is 30.7 Å². The third-order valence-electron chi connectivity index (χ3n) is 3.11. The van der Waals surface area contributed by atoms with Gasteiger partial charge in [-0.2, -0.15) is 0 Å². The number of nitro benzene ring substituents is 1. The molecular weight excluding hydrogens is 394 g/mol. The van der Waals surface area contributed by atoms with Gasteiger partial charge in [0.2, 0.25) is 10.0 Å². The van der Waals surface area contributed by atoms with E-state index in [1.807, 2.05) is 0 Å². The quantitative estimate of drug-likeness (QED) is 0.557. The van der Waals surface area contributed by atoms with Crippen molar-refractivity contribution in [3.8, 4) is 0 Å². The monoisotopic (exact) mass is 405 g/mol. The maximum atomic E-state index is 12.3. The van der Waals surface area contributed by atoms with E-state index in [0.717, 1.165) is 18.2 Å². The summed E-state index contributed by atoms with van der Waals surface area (Å²) in [6.45, 7) is 0. The van der Waals surface area contributed by atoms with Crippen LogP contribution in [-0.4, -0.2) is 28.8 Å². The standard InChI is InChI=1S/C13H12ClN3O6S2/c1-15-24(20,21)10-4-2-9(3-5-10)16-25(22,23)11-6-7-12(14)13(8-11)17(18)19/h2-8,15-16H,1H3. The van der Waals surface area contributed by atoms with Gasteiger partial charge >= 0.3 is 0 Å². The van der Waals surface area contributed by atoms with E-state index >= 15 is 0 Å². The van der Waals surface area contributed by atoms with E-state index in [-0.39, 0.29) is 20.5 Å². The first kappa shape index (κ1) is 19.1. The summed E-state index contributed by atoms with van der Waals surface area (Å²) in [5.41, 5.74) is -0.451. The molecule has 2 aromatic rings. The number of nitrogens with one attached hydrogen (secondary N) is 2. The summed E-state index contributed by atoms with van der Waals surface area (Å²) in [4.78, 5) is 9.68. The highest BCUT2D eigenvalue weighted by molar-refractivity contribution is 7.92. The molecule has 0 atom stereocenters. The average Bonchev–Trinajstić information content (AvgIpc) is 2.55. The van der Waals surface area contributed by atoms with Crippen LogP contribution in [0.1, 0.15) is 0 Å². The van der Waals surface area contributed by atoms with Gasteiger partial charge in [0, 0.05) is 11.8 Å². The van der Waals surface area contributed by atoms with Gasteiger partial charge < -0.3 is 0 Å². The molecule has 2 aromatic carbocycles. The molecule has 25 heavy (non-hydrogen) atoms. The van der Waals surface area contributed by atoms with Gasteiger partial charge in [0.05, 0.1) is 14.7 Å². The summed E-state index contributed by atoms with van der Waals surface area (Å²) in [6.07, 6.45) is 0. The topological polar surface area (TPSA) is 135 Å². The lowest BCUT2D eigenvalue weighted by molar-refractivity contribution is -0.384. The number of sulfonamides is 2. The van der Waals surface area contributed by atoms with Crippen LogP contribution in [0.4, 0.5) is 11.4 Å². The molecule has 0 amide bonds. The van der Waals surface area contributed by atoms with Crippen molar-refractivity contribution in [3.05, 3.63) is 57.6 Å². The van der Waals surface area contributed by atoms with Crippen LogP contribution < -0.4 is 9.44 Å². The van der Waals surface area contributed by atoms with Crippen molar-refractivity contribution in [2.75, 3.05) is 11.8 Å². The first-order chi connectivity index (χ1) is 11.6. The summed E-state index contributed by atoms with van der Waals surface area (Å²) < 4.78 is 52.2. The SMILES string of the molecule is CNS(=O)(=O)c1ccc(NS(=O)(=O)c2ccc(Cl)c([N+](=O)[O-])c2)cc1. The van der Waals surface area contributed by atoms with E-state index in [1.165, 1.54) is 31.3 Å². The molecule has 2 rings (SSSR count). The lowest BCUT2D eigenvalue weighted by Gasteiger charge is -2.09. The van der Waals surface area contributed by atoms with E-state index in [2.05, 4.69) is 9.44 Å². The Hall–Kier alpha value is -2.21. The number of benzene rings is 2. The lowest BCUT2D eigenvalue weighted by Crippen LogP contribution is -2.18. The number of nitrogens with zero attached hydrogens (tertiary/aromatic N) is 1. The van der Waals surface area contributed by atoms with Gasteiger partial charge in [0.1, 0.15) is 5.02 Å². The first-order valence-electron chi connectivity index (χ1n) is 6.57. The highest BCUT2D eigenvalue weighted by Crippen LogP contribution is 2.28. The third-order valence-corrected chi connectivity index (χ3v) is 6.24. The van der Waals surface area contributed by atoms with Gasteiger partial charge in [0.25, 0.3) is 15.7 Å². The van der Waals surface area contributed by atoms with Crippen LogP contribution in [0.15, 0.2) is 52.3 Å². The van der Waals surface area contributed by atoms with Crippen molar-refractivity contribution >= 4 is 43.0 Å². The minimum Gasteiger partial charge on any atom is -0.280 e. The fourth-order valence-corrected chi connectivity index (χ4v) is 3.83. The molecule has 0 fully saturated rings. The fraction of sp³-hybridized carbons (Fsp3) is 0.0769. The van der Waals surface area contributed by atoms with Gasteiger partial charge in [-0.3, -0.25) is 14.8 Å². The predicted octanol–water partition coefficient (Wildman–Crippen LogP) is 1.96. The Kier molecular flexibility index (Phi) is 5.32. The van der Waals surface area contributed by atoms with E-state index in [1.54, 1.807) is 0 Å². The Labute approximate surface area is 148 Å². The van der Waals surface area contributed by atoms with Crippen molar-refractivity contribution in [1.82, 2.24) is 4.72 Å². The van der Waals surface area contributed by atoms with Gasteiger partial charge in [0.15, 0.2) is 0 Å². The molecule has 0 aliphatic heterocycles. The maximum Gasteiger partial charge on any atom is 0.289 e. The zero-order chi connectivity index (χ0) is 18.8. The highest BCUT2D eigenvalue weighted by atomic mass is 35.5. The smallest absolute Gasteiger partial charge is 0.280 e. The predicted molar refractivity (Wildman–Crippen MR) is 91.6 cm³/mol. The van der Waals surface area contributed by atoms with Gasteiger partial charge in [-0.05, 0) is 43.4 Å². The van der Waals surface area contributed by atoms with E-state index in [9.17, 15) is 26.9 Å². The van der Waals surface area contributed by atoms with Crippen molar-refractivity contribution in [2.45, 2.75) is 9.79 Å². The van der Waals surface area contributed by atoms with E-state index in [4.69, 9.17) is 11.6 Å². The molecule has 0 aliphatic carbocycles. The summed E-state index contributed by atoms with van der Waals surface area (Å²) in [5.74, 6) is 0. The second-order valence-electron chi connectivity index (χ2n) is 4.71. The summed E-state index contributed by atoms with van der Waals surface area (Å²) in [5, 5.41) is 10.7. The molecule has 0 saturated carbocycles. The van der Waals surface area contributed by atoms with Crippen LogP contribution >= 0.6 is 11.6 Å². The van der Waals surface area contributed by atoms with Crippen molar-refractivity contribution < 1.29 is 21.8 Å². The van der Waals surface area contributed by atoms with Crippen molar-refractivity contribution in [1.29, 1.82) is 0 Å². The Bertz CT molecular complexity index is 1020. The largest absolute Gasteiger partial charge is 0.289 e. The second-order valence-corrected chi connectivity index (χ2v) is 8.68. The minimum absolute atomic E-state index is 0.0416. The second kappa shape index (κ2) is 6.96. The van der Waals surface area contributed by atoms with Crippen molar-refractivity contribution in [3.63, 3.8) is 0 Å². The normalized spacial score (nSPS) is 11.9. The number of hydrogen-bond acceptors (Lipinski definition) is 6. The van der Waals surface area contributed by atoms with Gasteiger partial charge in [-0.15, -0.1) is 0 Å². The van der Waals surface area contributed by atoms with Crippen LogP contribution in [0.5, 0.6) is 0 Å². The summed E-state index contributed by atoms with van der Waals surface area (Å²) in [7, 11) is -6.52. The minimum atomic E-state index is -4.12. The van der Waals surface area contributed by atoms with Gasteiger partial charge in [-0.1, -0.05) is 11.6 Å². The molecule has 0 saturated heterocycles. The summed E-state index contributed by atoms with van der Waals surface area (Å²) in [6, 6.07) is 8.01. The highest BCUT2D eigenvalue weighted by Gasteiger charge is 2.21. The van der Waals surface area contributed by atoms with Crippen LogP contribution in [-0.2, 0) is 20.0 Å². The number of anilines is 1. The number of halogens is 1. The van der Waals surface area contributed by atoms with Crippen molar-refractivity contribution in [2.24, 2.45) is 0 Å². The molecule has 0 bridgehead atoms. The first-order valence-corrected chi connectivity index (χ1v) is 9.91. The zero-order valence-electron chi connectivity index (χ0n) is 12.6. The van der Waals surface area contributed by atoms with Gasteiger partial charge in [-0.25, -0.2) is 21.6 Å². The van der Waals surface area contributed by atoms with Crippen LogP contribution in [0, 0.1) is 10.1 Å². The maximum absolute atomic E-state index is 12.3. The Morgan fingerprint density at radius 2 is 1.52 bits per heavy atom. The molecule has 134 valence electrons. The number of hydrogen-bond donors (Lipinski definition) is 2. The van der Waals surface area contributed by atoms with Crippen LogP contribution in [0.2, 0.25) is 5.02 Å². The zero-order valence-corrected chi connectivity index (χ0v) is 15.0. The molecule has 2 N–H and O–H groups in total. The molecule has 0 radical (unpaired) electrons. The third kappa shape index (κ3) is 4.25. The molecule has 12 heteroatoms. The molecule has 0 spiro atoms. The number of nitro groups is 1. The molecular formula is C13H12ClN3O6S2. The Balaban J connectivity index is 2.33. The fourth-order valence-electron chi connectivity index (χ4n) is 1.83. The molecule has 0 aromatic heterocycles. The average molecular weight is 406 g/mol. The number of rotatable bonds is 6. The summed E-state index contributed by atoms with van der Waals surface area (Å²) >= 11 is 5.66. The Morgan fingerprint density at radius 3 is 2.04 bits per heavy atom. The molecule has 9 nitrogen and oxygen atoms in total. The van der Waals surface area contributed by atoms with Crippen LogP contribution in [0.25, 0.3) is 0 Å². The molecule has 0 heterocycles. The lowest BCUT2D eigenvalue weighted by atomic mass is 10.3. The molecule has 0 unspecified atom stereocenters. The Morgan fingerprint density at radius 1 is 0.960 bits per heavy atom. The molecule has 0 aliphatic rings.